The lowest BCUT2D eigenvalue weighted by Crippen LogP contribution is -2.22. The Bertz CT molecular complexity index is 742. The minimum Gasteiger partial charge on any atom is -0.497 e. The SMILES string of the molecule is COc1ccc(OC)c(-c2nn(C(N)=S)c3c2CCCCN3)c1. The number of rotatable bonds is 3. The highest BCUT2D eigenvalue weighted by Gasteiger charge is 2.24. The molecule has 0 saturated heterocycles. The van der Waals surface area contributed by atoms with Gasteiger partial charge in [0.15, 0.2) is 5.11 Å². The molecule has 6 nitrogen and oxygen atoms in total. The molecule has 3 N–H and O–H groups in total. The normalized spacial score (nSPS) is 13.7. The number of nitrogens with one attached hydrogen (secondary N) is 1. The van der Waals surface area contributed by atoms with Gasteiger partial charge in [-0.05, 0) is 49.7 Å². The van der Waals surface area contributed by atoms with E-state index in [0.29, 0.717) is 0 Å². The van der Waals surface area contributed by atoms with Crippen LogP contribution in [-0.4, -0.2) is 35.7 Å². The van der Waals surface area contributed by atoms with Crippen LogP contribution in [0.5, 0.6) is 11.5 Å². The smallest absolute Gasteiger partial charge is 0.193 e. The molecule has 0 fully saturated rings. The minimum atomic E-state index is 0.226. The Labute approximate surface area is 140 Å². The second kappa shape index (κ2) is 6.45. The van der Waals surface area contributed by atoms with Crippen LogP contribution >= 0.6 is 12.2 Å². The molecule has 0 amide bonds. The Hall–Kier alpha value is -2.28. The molecule has 0 saturated carbocycles. The monoisotopic (exact) mass is 332 g/mol. The predicted molar refractivity (Wildman–Crippen MR) is 94.4 cm³/mol. The average molecular weight is 332 g/mol. The highest BCUT2D eigenvalue weighted by atomic mass is 32.1. The lowest BCUT2D eigenvalue weighted by molar-refractivity contribution is 0.404. The highest BCUT2D eigenvalue weighted by Crippen LogP contribution is 2.38. The number of benzene rings is 1. The molecule has 0 radical (unpaired) electrons. The van der Waals surface area contributed by atoms with Gasteiger partial charge in [0.1, 0.15) is 23.0 Å². The van der Waals surface area contributed by atoms with Crippen molar-refractivity contribution in [1.29, 1.82) is 0 Å². The van der Waals surface area contributed by atoms with Crippen LogP contribution in [0.3, 0.4) is 0 Å². The molecular formula is C16H20N4O2S. The van der Waals surface area contributed by atoms with Crippen LogP contribution in [0.15, 0.2) is 18.2 Å². The number of thiocarbonyl (C=S) groups is 1. The summed E-state index contributed by atoms with van der Waals surface area (Å²) >= 11 is 5.15. The van der Waals surface area contributed by atoms with Crippen LogP contribution in [0.2, 0.25) is 0 Å². The van der Waals surface area contributed by atoms with Gasteiger partial charge in [0.05, 0.1) is 14.2 Å². The van der Waals surface area contributed by atoms with E-state index in [4.69, 9.17) is 27.4 Å². The number of hydrogen-bond donors (Lipinski definition) is 2. The van der Waals surface area contributed by atoms with E-state index >= 15 is 0 Å². The molecule has 0 atom stereocenters. The Balaban J connectivity index is 2.22. The molecule has 2 aromatic rings. The van der Waals surface area contributed by atoms with Gasteiger partial charge in [-0.15, -0.1) is 0 Å². The fourth-order valence-corrected chi connectivity index (χ4v) is 3.01. The van der Waals surface area contributed by atoms with E-state index in [0.717, 1.165) is 59.9 Å². The van der Waals surface area contributed by atoms with Crippen LogP contribution in [0, 0.1) is 0 Å². The first-order valence-corrected chi connectivity index (χ1v) is 7.94. The zero-order valence-corrected chi connectivity index (χ0v) is 14.1. The van der Waals surface area contributed by atoms with Crippen LogP contribution in [0.25, 0.3) is 11.3 Å². The van der Waals surface area contributed by atoms with Crippen molar-refractivity contribution in [3.05, 3.63) is 23.8 Å². The summed E-state index contributed by atoms with van der Waals surface area (Å²) in [5.74, 6) is 2.38. The van der Waals surface area contributed by atoms with Crippen molar-refractivity contribution in [3.8, 4) is 22.8 Å². The van der Waals surface area contributed by atoms with Gasteiger partial charge >= 0.3 is 0 Å². The summed E-state index contributed by atoms with van der Waals surface area (Å²) in [6.07, 6.45) is 3.10. The lowest BCUT2D eigenvalue weighted by Gasteiger charge is -2.10. The van der Waals surface area contributed by atoms with Gasteiger partial charge in [0, 0.05) is 17.7 Å². The summed E-state index contributed by atoms with van der Waals surface area (Å²) in [5.41, 5.74) is 8.66. The quantitative estimate of drug-likeness (QED) is 0.841. The second-order valence-corrected chi connectivity index (χ2v) is 5.79. The summed E-state index contributed by atoms with van der Waals surface area (Å²) in [7, 11) is 3.29. The summed E-state index contributed by atoms with van der Waals surface area (Å²) in [5, 5.41) is 8.26. The fourth-order valence-electron chi connectivity index (χ4n) is 2.88. The summed E-state index contributed by atoms with van der Waals surface area (Å²) in [6.45, 7) is 0.885. The van der Waals surface area contributed by atoms with Crippen molar-refractivity contribution in [2.24, 2.45) is 5.73 Å². The number of nitrogens with zero attached hydrogens (tertiary/aromatic N) is 2. The summed E-state index contributed by atoms with van der Waals surface area (Å²) in [4.78, 5) is 0. The first-order valence-electron chi connectivity index (χ1n) is 7.53. The standard InChI is InChI=1S/C16H20N4O2S/c1-21-10-6-7-13(22-2)12(9-10)14-11-5-3-4-8-18-15(11)20(19-14)16(17)23/h6-7,9,18H,3-5,8H2,1-2H3,(H2,17,23). The summed E-state index contributed by atoms with van der Waals surface area (Å²) in [6, 6.07) is 5.67. The molecular weight excluding hydrogens is 312 g/mol. The number of methoxy groups -OCH3 is 2. The van der Waals surface area contributed by atoms with Crippen LogP contribution in [0.1, 0.15) is 18.4 Å². The van der Waals surface area contributed by atoms with E-state index in [1.165, 1.54) is 0 Å². The molecule has 1 aliphatic rings. The van der Waals surface area contributed by atoms with Crippen molar-refractivity contribution >= 4 is 23.1 Å². The van der Waals surface area contributed by atoms with Crippen LogP contribution < -0.4 is 20.5 Å². The number of hydrogen-bond acceptors (Lipinski definition) is 5. The number of aromatic nitrogens is 2. The Morgan fingerprint density at radius 3 is 2.83 bits per heavy atom. The topological polar surface area (TPSA) is 74.3 Å². The zero-order chi connectivity index (χ0) is 16.4. The molecule has 23 heavy (non-hydrogen) atoms. The van der Waals surface area contributed by atoms with Crippen LogP contribution in [0.4, 0.5) is 5.82 Å². The van der Waals surface area contributed by atoms with Gasteiger partial charge in [-0.2, -0.15) is 9.78 Å². The van der Waals surface area contributed by atoms with E-state index in [1.54, 1.807) is 18.9 Å². The molecule has 0 unspecified atom stereocenters. The Morgan fingerprint density at radius 1 is 1.30 bits per heavy atom. The molecule has 7 heteroatoms. The summed E-state index contributed by atoms with van der Waals surface area (Å²) < 4.78 is 12.4. The molecule has 1 aromatic heterocycles. The molecule has 1 aliphatic heterocycles. The maximum Gasteiger partial charge on any atom is 0.193 e. The van der Waals surface area contributed by atoms with Gasteiger partial charge in [-0.3, -0.25) is 0 Å². The van der Waals surface area contributed by atoms with E-state index < -0.39 is 0 Å². The van der Waals surface area contributed by atoms with E-state index in [9.17, 15) is 0 Å². The largest absolute Gasteiger partial charge is 0.497 e. The van der Waals surface area contributed by atoms with E-state index in [1.807, 2.05) is 18.2 Å². The van der Waals surface area contributed by atoms with Gasteiger partial charge in [-0.1, -0.05) is 0 Å². The fraction of sp³-hybridized carbons (Fsp3) is 0.375. The van der Waals surface area contributed by atoms with Gasteiger partial charge in [0.2, 0.25) is 0 Å². The molecule has 122 valence electrons. The van der Waals surface area contributed by atoms with Gasteiger partial charge in [0.25, 0.3) is 0 Å². The third kappa shape index (κ3) is 2.84. The minimum absolute atomic E-state index is 0.226. The van der Waals surface area contributed by atoms with Crippen LogP contribution in [-0.2, 0) is 6.42 Å². The molecule has 0 aliphatic carbocycles. The van der Waals surface area contributed by atoms with Crippen molar-refractivity contribution in [3.63, 3.8) is 0 Å². The molecule has 0 spiro atoms. The number of ether oxygens (including phenoxy) is 2. The number of fused-ring (bicyclic) bond motifs is 1. The van der Waals surface area contributed by atoms with Crippen molar-refractivity contribution in [2.45, 2.75) is 19.3 Å². The van der Waals surface area contributed by atoms with Crippen molar-refractivity contribution in [1.82, 2.24) is 9.78 Å². The highest BCUT2D eigenvalue weighted by molar-refractivity contribution is 7.80. The molecule has 0 bridgehead atoms. The van der Waals surface area contributed by atoms with Crippen molar-refractivity contribution in [2.75, 3.05) is 26.1 Å². The number of anilines is 1. The van der Waals surface area contributed by atoms with Crippen molar-refractivity contribution < 1.29 is 9.47 Å². The molecule has 2 heterocycles. The first-order chi connectivity index (χ1) is 11.2. The third-order valence-electron chi connectivity index (χ3n) is 4.00. The Kier molecular flexibility index (Phi) is 4.38. The lowest BCUT2D eigenvalue weighted by atomic mass is 10.0. The predicted octanol–water partition coefficient (Wildman–Crippen LogP) is 2.41. The zero-order valence-electron chi connectivity index (χ0n) is 13.3. The Morgan fingerprint density at radius 2 is 2.13 bits per heavy atom. The maximum absolute atomic E-state index is 5.84. The molecule has 1 aromatic carbocycles. The first kappa shape index (κ1) is 15.6. The van der Waals surface area contributed by atoms with E-state index in [2.05, 4.69) is 10.4 Å². The van der Waals surface area contributed by atoms with E-state index in [-0.39, 0.29) is 5.11 Å². The number of nitrogens with two attached hydrogens (primary N) is 1. The van der Waals surface area contributed by atoms with Gasteiger partial charge in [-0.25, -0.2) is 0 Å². The molecule has 3 rings (SSSR count). The maximum atomic E-state index is 5.84. The average Bonchev–Trinajstić information content (AvgIpc) is 2.75. The third-order valence-corrected chi connectivity index (χ3v) is 4.17. The van der Waals surface area contributed by atoms with Gasteiger partial charge < -0.3 is 20.5 Å². The second-order valence-electron chi connectivity index (χ2n) is 5.38.